The van der Waals surface area contributed by atoms with Crippen molar-refractivity contribution in [3.8, 4) is 0 Å². The fraction of sp³-hybridized carbons (Fsp3) is 0.867. The molecule has 20 heavy (non-hydrogen) atoms. The highest BCUT2D eigenvalue weighted by Gasteiger charge is 2.27. The molecule has 2 heterocycles. The Morgan fingerprint density at radius 2 is 2.20 bits per heavy atom. The third kappa shape index (κ3) is 4.03. The van der Waals surface area contributed by atoms with E-state index in [0.29, 0.717) is 12.0 Å². The van der Waals surface area contributed by atoms with Crippen molar-refractivity contribution in [1.82, 2.24) is 15.5 Å². The van der Waals surface area contributed by atoms with Gasteiger partial charge in [-0.25, -0.2) is 0 Å². The molecular formula is C15H27N3O2. The molecule has 2 unspecified atom stereocenters. The van der Waals surface area contributed by atoms with E-state index in [0.717, 1.165) is 50.7 Å². The average Bonchev–Trinajstić information content (AvgIpc) is 2.87. The quantitative estimate of drug-likeness (QED) is 0.898. The molecule has 2 rings (SSSR count). The number of rotatable bonds is 5. The molecule has 0 aliphatic carbocycles. The lowest BCUT2D eigenvalue weighted by atomic mass is 9.84. The lowest BCUT2D eigenvalue weighted by molar-refractivity contribution is 0.0773. The maximum atomic E-state index is 5.49. The van der Waals surface area contributed by atoms with E-state index in [4.69, 9.17) is 9.26 Å². The summed E-state index contributed by atoms with van der Waals surface area (Å²) in [5.74, 6) is 1.84. The summed E-state index contributed by atoms with van der Waals surface area (Å²) in [7, 11) is 0. The summed E-state index contributed by atoms with van der Waals surface area (Å²) >= 11 is 0. The van der Waals surface area contributed by atoms with Crippen molar-refractivity contribution in [2.75, 3.05) is 19.8 Å². The number of nitrogens with zero attached hydrogens (tertiary/aromatic N) is 2. The summed E-state index contributed by atoms with van der Waals surface area (Å²) in [5.41, 5.74) is 0.165. The van der Waals surface area contributed by atoms with Gasteiger partial charge in [-0.2, -0.15) is 4.98 Å². The zero-order chi connectivity index (χ0) is 14.6. The van der Waals surface area contributed by atoms with E-state index in [2.05, 4.69) is 43.2 Å². The van der Waals surface area contributed by atoms with Crippen molar-refractivity contribution in [1.29, 1.82) is 0 Å². The van der Waals surface area contributed by atoms with Crippen LogP contribution in [0, 0.1) is 5.41 Å². The molecule has 1 N–H and O–H groups in total. The van der Waals surface area contributed by atoms with Crippen molar-refractivity contribution >= 4 is 0 Å². The molecule has 1 aromatic rings. The number of hydrogen-bond donors (Lipinski definition) is 1. The van der Waals surface area contributed by atoms with Crippen LogP contribution in [0.1, 0.15) is 58.2 Å². The molecule has 0 aromatic carbocycles. The van der Waals surface area contributed by atoms with Gasteiger partial charge in [0.1, 0.15) is 0 Å². The summed E-state index contributed by atoms with van der Waals surface area (Å²) in [6.45, 7) is 11.3. The predicted molar refractivity (Wildman–Crippen MR) is 77.7 cm³/mol. The molecule has 2 atom stereocenters. The Balaban J connectivity index is 2.00. The van der Waals surface area contributed by atoms with Gasteiger partial charge in [-0.3, -0.25) is 0 Å². The first-order chi connectivity index (χ1) is 9.50. The maximum absolute atomic E-state index is 5.49. The van der Waals surface area contributed by atoms with Crippen LogP contribution in [0.15, 0.2) is 4.52 Å². The Hall–Kier alpha value is -0.940. The molecule has 5 nitrogen and oxygen atoms in total. The molecule has 5 heteroatoms. The zero-order valence-electron chi connectivity index (χ0n) is 13.1. The van der Waals surface area contributed by atoms with Crippen LogP contribution in [0.5, 0.6) is 0 Å². The first kappa shape index (κ1) is 15.4. The first-order valence-electron chi connectivity index (χ1n) is 7.64. The van der Waals surface area contributed by atoms with Gasteiger partial charge in [0, 0.05) is 25.0 Å². The van der Waals surface area contributed by atoms with Crippen molar-refractivity contribution in [2.24, 2.45) is 5.41 Å². The monoisotopic (exact) mass is 281 g/mol. The minimum absolute atomic E-state index is 0.165. The van der Waals surface area contributed by atoms with Crippen molar-refractivity contribution in [3.63, 3.8) is 0 Å². The molecule has 114 valence electrons. The number of likely N-dealkylation sites (N-methyl/N-ethyl adjacent to an activating group) is 1. The highest BCUT2D eigenvalue weighted by Crippen LogP contribution is 2.25. The third-order valence-electron chi connectivity index (χ3n) is 3.88. The number of aromatic nitrogens is 2. The highest BCUT2D eigenvalue weighted by molar-refractivity contribution is 4.99. The first-order valence-corrected chi connectivity index (χ1v) is 7.64. The second-order valence-corrected chi connectivity index (χ2v) is 6.64. The minimum Gasteiger partial charge on any atom is -0.381 e. The van der Waals surface area contributed by atoms with Gasteiger partial charge in [0.05, 0.1) is 6.61 Å². The van der Waals surface area contributed by atoms with E-state index in [1.807, 2.05) is 0 Å². The Bertz CT molecular complexity index is 405. The Morgan fingerprint density at radius 1 is 1.40 bits per heavy atom. The van der Waals surface area contributed by atoms with Gasteiger partial charge in [0.25, 0.3) is 0 Å². The van der Waals surface area contributed by atoms with Gasteiger partial charge in [-0.15, -0.1) is 0 Å². The second kappa shape index (κ2) is 6.68. The van der Waals surface area contributed by atoms with E-state index < -0.39 is 0 Å². The molecule has 0 spiro atoms. The van der Waals surface area contributed by atoms with E-state index in [9.17, 15) is 0 Å². The highest BCUT2D eigenvalue weighted by atomic mass is 16.5. The van der Waals surface area contributed by atoms with Crippen LogP contribution in [0.25, 0.3) is 0 Å². The molecule has 0 radical (unpaired) electrons. The van der Waals surface area contributed by atoms with Crippen molar-refractivity contribution in [3.05, 3.63) is 11.7 Å². The standard InChI is InChI=1S/C15H27N3O2/c1-5-16-12(15(2,3)4)9-13-17-14(18-20-13)11-7-6-8-19-10-11/h11-12,16H,5-10H2,1-4H3. The van der Waals surface area contributed by atoms with E-state index >= 15 is 0 Å². The smallest absolute Gasteiger partial charge is 0.228 e. The van der Waals surface area contributed by atoms with E-state index in [1.165, 1.54) is 0 Å². The molecular weight excluding hydrogens is 254 g/mol. The lowest BCUT2D eigenvalue weighted by Gasteiger charge is -2.30. The normalized spacial score (nSPS) is 21.9. The third-order valence-corrected chi connectivity index (χ3v) is 3.88. The average molecular weight is 281 g/mol. The predicted octanol–water partition coefficient (Wildman–Crippen LogP) is 2.53. The SMILES string of the molecule is CCNC(Cc1nc(C2CCCOC2)no1)C(C)(C)C. The van der Waals surface area contributed by atoms with Crippen LogP contribution in [0.3, 0.4) is 0 Å². The largest absolute Gasteiger partial charge is 0.381 e. The van der Waals surface area contributed by atoms with Gasteiger partial charge >= 0.3 is 0 Å². The summed E-state index contributed by atoms with van der Waals surface area (Å²) in [4.78, 5) is 4.57. The molecule has 1 aliphatic heterocycles. The van der Waals surface area contributed by atoms with Crippen molar-refractivity contribution < 1.29 is 9.26 Å². The zero-order valence-corrected chi connectivity index (χ0v) is 13.1. The van der Waals surface area contributed by atoms with Crippen LogP contribution in [-0.2, 0) is 11.2 Å². The maximum Gasteiger partial charge on any atom is 0.228 e. The van der Waals surface area contributed by atoms with Gasteiger partial charge in [0.15, 0.2) is 5.82 Å². The fourth-order valence-electron chi connectivity index (χ4n) is 2.57. The van der Waals surface area contributed by atoms with Gasteiger partial charge in [-0.05, 0) is 24.8 Å². The molecule has 0 amide bonds. The number of ether oxygens (including phenoxy) is 1. The fourth-order valence-corrected chi connectivity index (χ4v) is 2.57. The van der Waals surface area contributed by atoms with Gasteiger partial charge in [-0.1, -0.05) is 32.9 Å². The van der Waals surface area contributed by atoms with Gasteiger partial charge in [0.2, 0.25) is 5.89 Å². The van der Waals surface area contributed by atoms with Crippen LogP contribution >= 0.6 is 0 Å². The van der Waals surface area contributed by atoms with E-state index in [-0.39, 0.29) is 5.41 Å². The topological polar surface area (TPSA) is 60.2 Å². The van der Waals surface area contributed by atoms with Crippen LogP contribution in [0.4, 0.5) is 0 Å². The molecule has 1 aliphatic rings. The number of nitrogens with one attached hydrogen (secondary N) is 1. The summed E-state index contributed by atoms with van der Waals surface area (Å²) in [5, 5.41) is 7.65. The molecule has 1 aromatic heterocycles. The van der Waals surface area contributed by atoms with Crippen molar-refractivity contribution in [2.45, 2.75) is 58.9 Å². The summed E-state index contributed by atoms with van der Waals surface area (Å²) in [6.07, 6.45) is 2.95. The summed E-state index contributed by atoms with van der Waals surface area (Å²) in [6, 6.07) is 0.336. The Labute approximate surface area is 121 Å². The molecule has 1 saturated heterocycles. The van der Waals surface area contributed by atoms with Crippen LogP contribution < -0.4 is 5.32 Å². The molecule has 0 saturated carbocycles. The van der Waals surface area contributed by atoms with Gasteiger partial charge < -0.3 is 14.6 Å². The molecule has 1 fully saturated rings. The lowest BCUT2D eigenvalue weighted by Crippen LogP contribution is -2.42. The van der Waals surface area contributed by atoms with Crippen LogP contribution in [-0.4, -0.2) is 35.9 Å². The van der Waals surface area contributed by atoms with Crippen LogP contribution in [0.2, 0.25) is 0 Å². The molecule has 0 bridgehead atoms. The second-order valence-electron chi connectivity index (χ2n) is 6.64. The van der Waals surface area contributed by atoms with E-state index in [1.54, 1.807) is 0 Å². The summed E-state index contributed by atoms with van der Waals surface area (Å²) < 4.78 is 10.9. The minimum atomic E-state index is 0.165. The Morgan fingerprint density at radius 3 is 2.80 bits per heavy atom. The Kier molecular flexibility index (Phi) is 5.16. The number of hydrogen-bond acceptors (Lipinski definition) is 5.